The van der Waals surface area contributed by atoms with E-state index in [4.69, 9.17) is 4.74 Å². The van der Waals surface area contributed by atoms with Crippen molar-refractivity contribution < 1.29 is 14.5 Å². The van der Waals surface area contributed by atoms with Gasteiger partial charge in [0.05, 0.1) is 10.7 Å². The molecular formula is C22H18N2O4S. The molecule has 1 fully saturated rings. The van der Waals surface area contributed by atoms with Crippen LogP contribution >= 0.6 is 11.8 Å². The van der Waals surface area contributed by atoms with Crippen LogP contribution in [0.4, 0.5) is 11.4 Å². The van der Waals surface area contributed by atoms with Crippen molar-refractivity contribution in [1.29, 1.82) is 0 Å². The highest BCUT2D eigenvalue weighted by Gasteiger charge is 2.34. The van der Waals surface area contributed by atoms with Crippen molar-refractivity contribution in [2.45, 2.75) is 12.0 Å². The molecule has 0 N–H and O–H groups in total. The molecule has 3 aromatic carbocycles. The lowest BCUT2D eigenvalue weighted by Crippen LogP contribution is -2.27. The molecule has 7 heteroatoms. The second-order valence-electron chi connectivity index (χ2n) is 6.55. The fourth-order valence-corrected chi connectivity index (χ4v) is 4.35. The third-order valence-corrected chi connectivity index (χ3v) is 5.81. The first-order valence-corrected chi connectivity index (χ1v) is 10.1. The Bertz CT molecular complexity index is 1020. The van der Waals surface area contributed by atoms with E-state index in [-0.39, 0.29) is 17.0 Å². The third kappa shape index (κ3) is 4.25. The number of hydrogen-bond donors (Lipinski definition) is 0. The molecule has 146 valence electrons. The van der Waals surface area contributed by atoms with Crippen molar-refractivity contribution in [2.24, 2.45) is 0 Å². The van der Waals surface area contributed by atoms with E-state index in [0.29, 0.717) is 18.1 Å². The van der Waals surface area contributed by atoms with Crippen LogP contribution in [0.2, 0.25) is 0 Å². The highest BCUT2D eigenvalue weighted by molar-refractivity contribution is 8.00. The number of nitrogens with zero attached hydrogens (tertiary/aromatic N) is 2. The summed E-state index contributed by atoms with van der Waals surface area (Å²) in [5, 5.41) is 10.8. The summed E-state index contributed by atoms with van der Waals surface area (Å²) < 4.78 is 5.81. The second kappa shape index (κ2) is 8.36. The molecule has 1 aliphatic rings. The zero-order valence-corrected chi connectivity index (χ0v) is 16.2. The minimum absolute atomic E-state index is 0.0204. The smallest absolute Gasteiger partial charge is 0.269 e. The lowest BCUT2D eigenvalue weighted by Gasteiger charge is -2.24. The van der Waals surface area contributed by atoms with Gasteiger partial charge in [-0.3, -0.25) is 19.8 Å². The standard InChI is InChI=1S/C22H18N2O4S/c25-21-15-29-22(17-7-4-8-19(13-17)24(26)27)23(21)18-9-11-20(12-10-18)28-14-16-5-2-1-3-6-16/h1-13,22H,14-15H2. The summed E-state index contributed by atoms with van der Waals surface area (Å²) in [5.41, 5.74) is 2.57. The van der Waals surface area contributed by atoms with E-state index in [1.807, 2.05) is 60.7 Å². The number of benzene rings is 3. The Balaban J connectivity index is 1.52. The molecule has 0 spiro atoms. The molecule has 3 aromatic rings. The van der Waals surface area contributed by atoms with E-state index in [9.17, 15) is 14.9 Å². The topological polar surface area (TPSA) is 72.7 Å². The normalized spacial score (nSPS) is 16.1. The number of anilines is 1. The number of ether oxygens (including phenoxy) is 1. The summed E-state index contributed by atoms with van der Waals surface area (Å²) in [6.07, 6.45) is 0. The zero-order valence-electron chi connectivity index (χ0n) is 15.4. The minimum Gasteiger partial charge on any atom is -0.489 e. The Hall–Kier alpha value is -3.32. The van der Waals surface area contributed by atoms with Crippen molar-refractivity contribution in [3.63, 3.8) is 0 Å². The summed E-state index contributed by atoms with van der Waals surface area (Å²) in [6, 6.07) is 23.7. The third-order valence-electron chi connectivity index (χ3n) is 4.60. The number of nitro groups is 1. The van der Waals surface area contributed by atoms with Gasteiger partial charge in [0.15, 0.2) is 0 Å². The molecule has 4 rings (SSSR count). The van der Waals surface area contributed by atoms with E-state index in [0.717, 1.165) is 16.8 Å². The molecular weight excluding hydrogens is 388 g/mol. The molecule has 1 amide bonds. The van der Waals surface area contributed by atoms with E-state index in [2.05, 4.69) is 0 Å². The fourth-order valence-electron chi connectivity index (χ4n) is 3.19. The van der Waals surface area contributed by atoms with Crippen LogP contribution in [0.5, 0.6) is 5.75 Å². The SMILES string of the molecule is O=C1CSC(c2cccc([N+](=O)[O-])c2)N1c1ccc(OCc2ccccc2)cc1. The highest BCUT2D eigenvalue weighted by Crippen LogP contribution is 2.42. The molecule has 0 saturated carbocycles. The predicted octanol–water partition coefficient (Wildman–Crippen LogP) is 4.95. The molecule has 1 saturated heterocycles. The first kappa shape index (κ1) is 19.0. The van der Waals surface area contributed by atoms with Crippen molar-refractivity contribution in [3.8, 4) is 5.75 Å². The van der Waals surface area contributed by atoms with Gasteiger partial charge in [-0.05, 0) is 35.4 Å². The van der Waals surface area contributed by atoms with Gasteiger partial charge in [-0.25, -0.2) is 0 Å². The molecule has 0 aliphatic carbocycles. The Morgan fingerprint density at radius 1 is 1.03 bits per heavy atom. The Labute approximate surface area is 172 Å². The van der Waals surface area contributed by atoms with E-state index in [1.165, 1.54) is 23.9 Å². The van der Waals surface area contributed by atoms with E-state index in [1.54, 1.807) is 11.0 Å². The molecule has 29 heavy (non-hydrogen) atoms. The lowest BCUT2D eigenvalue weighted by atomic mass is 10.1. The molecule has 1 unspecified atom stereocenters. The van der Waals surface area contributed by atoms with Gasteiger partial charge in [-0.2, -0.15) is 0 Å². The number of carbonyl (C=O) groups excluding carboxylic acids is 1. The zero-order chi connectivity index (χ0) is 20.2. The van der Waals surface area contributed by atoms with E-state index >= 15 is 0 Å². The maximum atomic E-state index is 12.5. The molecule has 1 heterocycles. The van der Waals surface area contributed by atoms with Crippen LogP contribution in [-0.4, -0.2) is 16.6 Å². The summed E-state index contributed by atoms with van der Waals surface area (Å²) in [4.78, 5) is 24.9. The summed E-state index contributed by atoms with van der Waals surface area (Å²) >= 11 is 1.46. The number of non-ortho nitro benzene ring substituents is 1. The minimum atomic E-state index is -0.422. The molecule has 0 aromatic heterocycles. The van der Waals surface area contributed by atoms with Crippen molar-refractivity contribution in [3.05, 3.63) is 100 Å². The number of nitro benzene ring substituents is 1. The van der Waals surface area contributed by atoms with Crippen molar-refractivity contribution in [2.75, 3.05) is 10.7 Å². The predicted molar refractivity (Wildman–Crippen MR) is 113 cm³/mol. The quantitative estimate of drug-likeness (QED) is 0.428. The molecule has 0 radical (unpaired) electrons. The van der Waals surface area contributed by atoms with Gasteiger partial charge < -0.3 is 4.74 Å². The number of hydrogen-bond acceptors (Lipinski definition) is 5. The van der Waals surface area contributed by atoms with Gasteiger partial charge in [0, 0.05) is 17.8 Å². The van der Waals surface area contributed by atoms with Gasteiger partial charge >= 0.3 is 0 Å². The van der Waals surface area contributed by atoms with E-state index < -0.39 is 4.92 Å². The number of rotatable bonds is 6. The fraction of sp³-hybridized carbons (Fsp3) is 0.136. The van der Waals surface area contributed by atoms with Gasteiger partial charge in [0.1, 0.15) is 17.7 Å². The van der Waals surface area contributed by atoms with Crippen LogP contribution in [0.15, 0.2) is 78.9 Å². The first-order valence-electron chi connectivity index (χ1n) is 9.06. The van der Waals surface area contributed by atoms with Gasteiger partial charge in [0.2, 0.25) is 5.91 Å². The summed E-state index contributed by atoms with van der Waals surface area (Å²) in [7, 11) is 0. The lowest BCUT2D eigenvalue weighted by molar-refractivity contribution is -0.384. The average molecular weight is 406 g/mol. The van der Waals surface area contributed by atoms with Crippen LogP contribution in [0.3, 0.4) is 0 Å². The molecule has 6 nitrogen and oxygen atoms in total. The summed E-state index contributed by atoms with van der Waals surface area (Å²) in [5.74, 6) is 1.02. The number of amides is 1. The van der Waals surface area contributed by atoms with Gasteiger partial charge in [-0.15, -0.1) is 11.8 Å². The number of carbonyl (C=O) groups is 1. The Kier molecular flexibility index (Phi) is 5.48. The molecule has 0 bridgehead atoms. The van der Waals surface area contributed by atoms with Crippen molar-refractivity contribution in [1.82, 2.24) is 0 Å². The Morgan fingerprint density at radius 2 is 1.79 bits per heavy atom. The monoisotopic (exact) mass is 406 g/mol. The number of thioether (sulfide) groups is 1. The second-order valence-corrected chi connectivity index (χ2v) is 7.62. The maximum absolute atomic E-state index is 12.5. The van der Waals surface area contributed by atoms with Crippen LogP contribution in [0.1, 0.15) is 16.5 Å². The van der Waals surface area contributed by atoms with Gasteiger partial charge in [-0.1, -0.05) is 42.5 Å². The average Bonchev–Trinajstić information content (AvgIpc) is 3.15. The van der Waals surface area contributed by atoms with Gasteiger partial charge in [0.25, 0.3) is 5.69 Å². The Morgan fingerprint density at radius 3 is 2.52 bits per heavy atom. The van der Waals surface area contributed by atoms with Crippen LogP contribution in [0.25, 0.3) is 0 Å². The largest absolute Gasteiger partial charge is 0.489 e. The molecule has 1 atom stereocenters. The molecule has 1 aliphatic heterocycles. The first-order chi connectivity index (χ1) is 14.1. The maximum Gasteiger partial charge on any atom is 0.269 e. The van der Waals surface area contributed by atoms with Crippen molar-refractivity contribution >= 4 is 29.0 Å². The summed E-state index contributed by atoms with van der Waals surface area (Å²) in [6.45, 7) is 0.467. The highest BCUT2D eigenvalue weighted by atomic mass is 32.2. The van der Waals surface area contributed by atoms with Crippen LogP contribution < -0.4 is 9.64 Å². The van der Waals surface area contributed by atoms with Crippen LogP contribution in [-0.2, 0) is 11.4 Å². The van der Waals surface area contributed by atoms with Crippen LogP contribution in [0, 0.1) is 10.1 Å².